The van der Waals surface area contributed by atoms with Crippen molar-refractivity contribution < 1.29 is 13.5 Å². The maximum atomic E-state index is 13.3. The van der Waals surface area contributed by atoms with Crippen LogP contribution in [-0.2, 0) is 0 Å². The molecular weight excluding hydrogens is 248 g/mol. The zero-order valence-electron chi connectivity index (χ0n) is 10.6. The number of nitrogens with one attached hydrogen (secondary N) is 1. The summed E-state index contributed by atoms with van der Waals surface area (Å²) in [5, 5.41) is 2.92. The van der Waals surface area contributed by atoms with Crippen molar-refractivity contribution in [3.8, 4) is 5.75 Å². The Kier molecular flexibility index (Phi) is 4.34. The van der Waals surface area contributed by atoms with Crippen LogP contribution in [0.2, 0.25) is 0 Å². The summed E-state index contributed by atoms with van der Waals surface area (Å²) in [6.07, 6.45) is 0. The molecule has 0 unspecified atom stereocenters. The standard InChI is InChI=1S/C15H15F2NO/c1-11-6-7-12(10-14(11)17)19-9-8-18-15-5-3-2-4-13(15)16/h2-7,10,18H,8-9H2,1H3. The molecule has 2 rings (SSSR count). The van der Waals surface area contributed by atoms with Crippen LogP contribution >= 0.6 is 0 Å². The lowest BCUT2D eigenvalue weighted by molar-refractivity contribution is 0.330. The Morgan fingerprint density at radius 3 is 2.58 bits per heavy atom. The number of hydrogen-bond acceptors (Lipinski definition) is 2. The third-order valence-electron chi connectivity index (χ3n) is 2.70. The summed E-state index contributed by atoms with van der Waals surface area (Å²) in [7, 11) is 0. The van der Waals surface area contributed by atoms with E-state index in [0.29, 0.717) is 30.2 Å². The number of halogens is 2. The molecule has 100 valence electrons. The highest BCUT2D eigenvalue weighted by atomic mass is 19.1. The van der Waals surface area contributed by atoms with E-state index in [1.165, 1.54) is 12.1 Å². The Morgan fingerprint density at radius 2 is 1.84 bits per heavy atom. The molecule has 0 spiro atoms. The summed E-state index contributed by atoms with van der Waals surface area (Å²) in [4.78, 5) is 0. The fourth-order valence-corrected chi connectivity index (χ4v) is 1.62. The minimum Gasteiger partial charge on any atom is -0.492 e. The molecule has 1 N–H and O–H groups in total. The van der Waals surface area contributed by atoms with Crippen LogP contribution in [0.5, 0.6) is 5.75 Å². The molecule has 0 saturated heterocycles. The van der Waals surface area contributed by atoms with Crippen molar-refractivity contribution in [2.45, 2.75) is 6.92 Å². The van der Waals surface area contributed by atoms with Crippen LogP contribution in [0, 0.1) is 18.6 Å². The molecule has 0 aromatic heterocycles. The lowest BCUT2D eigenvalue weighted by atomic mass is 10.2. The van der Waals surface area contributed by atoms with Crippen molar-refractivity contribution in [2.75, 3.05) is 18.5 Å². The van der Waals surface area contributed by atoms with E-state index in [1.54, 1.807) is 37.3 Å². The number of rotatable bonds is 5. The first-order valence-corrected chi connectivity index (χ1v) is 6.04. The summed E-state index contributed by atoms with van der Waals surface area (Å²) in [5.74, 6) is -0.123. The van der Waals surface area contributed by atoms with Crippen LogP contribution in [-0.4, -0.2) is 13.2 Å². The third kappa shape index (κ3) is 3.68. The molecule has 0 radical (unpaired) electrons. The van der Waals surface area contributed by atoms with Crippen LogP contribution < -0.4 is 10.1 Å². The molecule has 4 heteroatoms. The maximum absolute atomic E-state index is 13.3. The topological polar surface area (TPSA) is 21.3 Å². The summed E-state index contributed by atoms with van der Waals surface area (Å²) < 4.78 is 31.9. The minimum atomic E-state index is -0.302. The molecule has 0 bridgehead atoms. The van der Waals surface area contributed by atoms with Gasteiger partial charge in [0.15, 0.2) is 0 Å². The van der Waals surface area contributed by atoms with Crippen molar-refractivity contribution in [3.05, 3.63) is 59.7 Å². The van der Waals surface area contributed by atoms with Gasteiger partial charge in [0.05, 0.1) is 5.69 Å². The lowest BCUT2D eigenvalue weighted by Gasteiger charge is -2.09. The first-order valence-electron chi connectivity index (χ1n) is 6.04. The van der Waals surface area contributed by atoms with E-state index in [4.69, 9.17) is 4.74 Å². The molecule has 0 aliphatic rings. The number of anilines is 1. The Labute approximate surface area is 111 Å². The van der Waals surface area contributed by atoms with Gasteiger partial charge in [-0.1, -0.05) is 18.2 Å². The van der Waals surface area contributed by atoms with E-state index in [2.05, 4.69) is 5.32 Å². The predicted octanol–water partition coefficient (Wildman–Crippen LogP) is 3.76. The second-order valence-electron chi connectivity index (χ2n) is 4.17. The molecule has 0 saturated carbocycles. The molecule has 0 aliphatic carbocycles. The molecule has 0 heterocycles. The van der Waals surface area contributed by atoms with Crippen LogP contribution in [0.25, 0.3) is 0 Å². The van der Waals surface area contributed by atoms with Crippen LogP contribution in [0.1, 0.15) is 5.56 Å². The van der Waals surface area contributed by atoms with E-state index in [9.17, 15) is 8.78 Å². The monoisotopic (exact) mass is 263 g/mol. The van der Waals surface area contributed by atoms with Gasteiger partial charge in [-0.2, -0.15) is 0 Å². The van der Waals surface area contributed by atoms with Gasteiger partial charge in [0.1, 0.15) is 24.0 Å². The van der Waals surface area contributed by atoms with Gasteiger partial charge in [0.2, 0.25) is 0 Å². The van der Waals surface area contributed by atoms with Crippen molar-refractivity contribution in [1.82, 2.24) is 0 Å². The first kappa shape index (κ1) is 13.3. The molecule has 0 aliphatic heterocycles. The number of hydrogen-bond donors (Lipinski definition) is 1. The average molecular weight is 263 g/mol. The number of aryl methyl sites for hydroxylation is 1. The smallest absolute Gasteiger partial charge is 0.146 e. The number of benzene rings is 2. The van der Waals surface area contributed by atoms with Gasteiger partial charge in [0, 0.05) is 12.6 Å². The SMILES string of the molecule is Cc1ccc(OCCNc2ccccc2F)cc1F. The Balaban J connectivity index is 1.81. The highest BCUT2D eigenvalue weighted by Gasteiger charge is 2.01. The summed E-state index contributed by atoms with van der Waals surface area (Å²) in [6.45, 7) is 2.46. The molecule has 19 heavy (non-hydrogen) atoms. The van der Waals surface area contributed by atoms with E-state index >= 15 is 0 Å². The van der Waals surface area contributed by atoms with Gasteiger partial charge >= 0.3 is 0 Å². The number of ether oxygens (including phenoxy) is 1. The van der Waals surface area contributed by atoms with Gasteiger partial charge in [-0.15, -0.1) is 0 Å². The first-order chi connectivity index (χ1) is 9.16. The fourth-order valence-electron chi connectivity index (χ4n) is 1.62. The average Bonchev–Trinajstić information content (AvgIpc) is 2.40. The third-order valence-corrected chi connectivity index (χ3v) is 2.70. The quantitative estimate of drug-likeness (QED) is 0.829. The van der Waals surface area contributed by atoms with Gasteiger partial charge < -0.3 is 10.1 Å². The summed E-state index contributed by atoms with van der Waals surface area (Å²) >= 11 is 0. The molecule has 0 fully saturated rings. The zero-order chi connectivity index (χ0) is 13.7. The van der Waals surface area contributed by atoms with Crippen LogP contribution in [0.3, 0.4) is 0 Å². The fraction of sp³-hybridized carbons (Fsp3) is 0.200. The van der Waals surface area contributed by atoms with Crippen LogP contribution in [0.15, 0.2) is 42.5 Å². The largest absolute Gasteiger partial charge is 0.492 e. The minimum absolute atomic E-state index is 0.292. The Bertz CT molecular complexity index is 558. The van der Waals surface area contributed by atoms with E-state index in [-0.39, 0.29) is 11.6 Å². The lowest BCUT2D eigenvalue weighted by Crippen LogP contribution is -2.12. The molecular formula is C15H15F2NO. The molecule has 2 nitrogen and oxygen atoms in total. The van der Waals surface area contributed by atoms with E-state index in [1.807, 2.05) is 0 Å². The second-order valence-corrected chi connectivity index (χ2v) is 4.17. The summed E-state index contributed by atoms with van der Waals surface area (Å²) in [6, 6.07) is 11.1. The van der Waals surface area contributed by atoms with Crippen LogP contribution in [0.4, 0.5) is 14.5 Å². The van der Waals surface area contributed by atoms with Gasteiger partial charge in [-0.3, -0.25) is 0 Å². The highest BCUT2D eigenvalue weighted by Crippen LogP contribution is 2.16. The Morgan fingerprint density at radius 1 is 1.05 bits per heavy atom. The second kappa shape index (κ2) is 6.18. The zero-order valence-corrected chi connectivity index (χ0v) is 10.6. The van der Waals surface area contributed by atoms with E-state index in [0.717, 1.165) is 0 Å². The molecule has 2 aromatic carbocycles. The predicted molar refractivity (Wildman–Crippen MR) is 71.5 cm³/mol. The Hall–Kier alpha value is -2.10. The normalized spacial score (nSPS) is 10.3. The van der Waals surface area contributed by atoms with Crippen molar-refractivity contribution in [3.63, 3.8) is 0 Å². The molecule has 2 aromatic rings. The van der Waals surface area contributed by atoms with Gasteiger partial charge in [0.25, 0.3) is 0 Å². The van der Waals surface area contributed by atoms with Crippen molar-refractivity contribution >= 4 is 5.69 Å². The molecule has 0 amide bonds. The van der Waals surface area contributed by atoms with Gasteiger partial charge in [-0.05, 0) is 30.7 Å². The highest BCUT2D eigenvalue weighted by molar-refractivity contribution is 5.44. The summed E-state index contributed by atoms with van der Waals surface area (Å²) in [5.41, 5.74) is 1.01. The maximum Gasteiger partial charge on any atom is 0.146 e. The van der Waals surface area contributed by atoms with Gasteiger partial charge in [-0.25, -0.2) is 8.78 Å². The van der Waals surface area contributed by atoms with Crippen molar-refractivity contribution in [2.24, 2.45) is 0 Å². The molecule has 0 atom stereocenters. The van der Waals surface area contributed by atoms with Crippen molar-refractivity contribution in [1.29, 1.82) is 0 Å². The number of para-hydroxylation sites is 1. The van der Waals surface area contributed by atoms with E-state index < -0.39 is 0 Å².